The monoisotopic (exact) mass is 272 g/mol. The quantitative estimate of drug-likeness (QED) is 0.700. The minimum absolute atomic E-state index is 0.0523. The van der Waals surface area contributed by atoms with Gasteiger partial charge < -0.3 is 10.6 Å². The smallest absolute Gasteiger partial charge is 0.237 e. The van der Waals surface area contributed by atoms with Crippen LogP contribution in [0.4, 0.5) is 0 Å². The molecule has 1 unspecified atom stereocenters. The van der Waals surface area contributed by atoms with Crippen molar-refractivity contribution in [1.82, 2.24) is 10.6 Å². The molecule has 106 valence electrons. The first-order valence-corrected chi connectivity index (χ1v) is 8.74. The number of carbonyl (C=O) groups excluding carboxylic acids is 1. The van der Waals surface area contributed by atoms with Gasteiger partial charge in [-0.3, -0.25) is 4.79 Å². The van der Waals surface area contributed by atoms with E-state index in [-0.39, 0.29) is 11.9 Å². The molecule has 1 atom stereocenters. The van der Waals surface area contributed by atoms with E-state index < -0.39 is 0 Å². The molecule has 1 aliphatic heterocycles. The number of hydrogen-bond donors (Lipinski definition) is 2. The fourth-order valence-corrected chi connectivity index (χ4v) is 2.80. The molecule has 0 aromatic heterocycles. The molecule has 3 nitrogen and oxygen atoms in total. The van der Waals surface area contributed by atoms with Crippen LogP contribution in [0.1, 0.15) is 51.4 Å². The predicted octanol–water partition coefficient (Wildman–Crippen LogP) is 2.56. The Kier molecular flexibility index (Phi) is 9.40. The number of unbranched alkanes of at least 4 members (excludes halogenated alkanes) is 2. The van der Waals surface area contributed by atoms with Crippen molar-refractivity contribution in [3.63, 3.8) is 0 Å². The molecule has 1 fully saturated rings. The van der Waals surface area contributed by atoms with Gasteiger partial charge in [-0.15, -0.1) is 0 Å². The van der Waals surface area contributed by atoms with E-state index in [1.807, 2.05) is 11.8 Å². The summed E-state index contributed by atoms with van der Waals surface area (Å²) in [6.45, 7) is 1.83. The molecule has 0 radical (unpaired) electrons. The highest BCUT2D eigenvalue weighted by Crippen LogP contribution is 2.09. The lowest BCUT2D eigenvalue weighted by molar-refractivity contribution is -0.123. The van der Waals surface area contributed by atoms with E-state index in [1.165, 1.54) is 44.3 Å². The van der Waals surface area contributed by atoms with Gasteiger partial charge in [-0.1, -0.05) is 25.7 Å². The SMILES string of the molecule is CSCCCCCNC(=O)C1CCCCCCN1. The highest BCUT2D eigenvalue weighted by Gasteiger charge is 2.17. The zero-order valence-corrected chi connectivity index (χ0v) is 12.5. The summed E-state index contributed by atoms with van der Waals surface area (Å²) >= 11 is 1.90. The summed E-state index contributed by atoms with van der Waals surface area (Å²) in [7, 11) is 0. The summed E-state index contributed by atoms with van der Waals surface area (Å²) in [4.78, 5) is 12.0. The Bertz CT molecular complexity index is 216. The first kappa shape index (κ1) is 15.8. The second kappa shape index (κ2) is 10.7. The Morgan fingerprint density at radius 1 is 1.22 bits per heavy atom. The molecule has 0 saturated carbocycles. The topological polar surface area (TPSA) is 41.1 Å². The van der Waals surface area contributed by atoms with Crippen LogP contribution in [0.5, 0.6) is 0 Å². The van der Waals surface area contributed by atoms with Crippen molar-refractivity contribution in [1.29, 1.82) is 0 Å². The molecular weight excluding hydrogens is 244 g/mol. The Hall–Kier alpha value is -0.220. The summed E-state index contributed by atoms with van der Waals surface area (Å²) in [5.74, 6) is 1.44. The van der Waals surface area contributed by atoms with Crippen molar-refractivity contribution in [3.05, 3.63) is 0 Å². The van der Waals surface area contributed by atoms with Crippen LogP contribution in [0.3, 0.4) is 0 Å². The van der Waals surface area contributed by atoms with Crippen LogP contribution < -0.4 is 10.6 Å². The van der Waals surface area contributed by atoms with Gasteiger partial charge in [0, 0.05) is 6.54 Å². The fraction of sp³-hybridized carbons (Fsp3) is 0.929. The molecule has 0 spiro atoms. The van der Waals surface area contributed by atoms with Crippen molar-refractivity contribution < 1.29 is 4.79 Å². The van der Waals surface area contributed by atoms with E-state index in [1.54, 1.807) is 0 Å². The molecule has 0 bridgehead atoms. The molecule has 0 aromatic carbocycles. The second-order valence-corrected chi connectivity index (χ2v) is 6.04. The van der Waals surface area contributed by atoms with E-state index in [9.17, 15) is 4.79 Å². The lowest BCUT2D eigenvalue weighted by Crippen LogP contribution is -2.45. The summed E-state index contributed by atoms with van der Waals surface area (Å²) in [5.41, 5.74) is 0. The average Bonchev–Trinajstić information content (AvgIpc) is 2.33. The highest BCUT2D eigenvalue weighted by atomic mass is 32.2. The van der Waals surface area contributed by atoms with Gasteiger partial charge in [0.05, 0.1) is 6.04 Å². The third kappa shape index (κ3) is 7.27. The summed E-state index contributed by atoms with van der Waals surface area (Å²) in [6.07, 6.45) is 11.7. The molecule has 1 amide bonds. The maximum atomic E-state index is 12.0. The number of nitrogens with one attached hydrogen (secondary N) is 2. The summed E-state index contributed by atoms with van der Waals surface area (Å²) in [6, 6.07) is 0.0523. The normalized spacial score (nSPS) is 21.1. The third-order valence-electron chi connectivity index (χ3n) is 3.45. The van der Waals surface area contributed by atoms with Crippen molar-refractivity contribution >= 4 is 17.7 Å². The number of carbonyl (C=O) groups is 1. The Morgan fingerprint density at radius 3 is 2.89 bits per heavy atom. The van der Waals surface area contributed by atoms with E-state index in [4.69, 9.17) is 0 Å². The maximum Gasteiger partial charge on any atom is 0.237 e. The third-order valence-corrected chi connectivity index (χ3v) is 4.15. The van der Waals surface area contributed by atoms with Crippen LogP contribution in [0.15, 0.2) is 0 Å². The van der Waals surface area contributed by atoms with Crippen molar-refractivity contribution in [2.75, 3.05) is 25.1 Å². The largest absolute Gasteiger partial charge is 0.355 e. The zero-order valence-electron chi connectivity index (χ0n) is 11.7. The Balaban J connectivity index is 2.06. The van der Waals surface area contributed by atoms with Gasteiger partial charge >= 0.3 is 0 Å². The molecule has 2 N–H and O–H groups in total. The lowest BCUT2D eigenvalue weighted by Gasteiger charge is -2.20. The molecule has 1 aliphatic rings. The Labute approximate surface area is 116 Å². The number of hydrogen-bond acceptors (Lipinski definition) is 3. The number of amides is 1. The van der Waals surface area contributed by atoms with Gasteiger partial charge in [0.15, 0.2) is 0 Å². The minimum Gasteiger partial charge on any atom is -0.355 e. The van der Waals surface area contributed by atoms with Gasteiger partial charge in [-0.05, 0) is 44.2 Å². The first-order chi connectivity index (χ1) is 8.84. The lowest BCUT2D eigenvalue weighted by atomic mass is 10.0. The highest BCUT2D eigenvalue weighted by molar-refractivity contribution is 7.98. The Morgan fingerprint density at radius 2 is 2.06 bits per heavy atom. The summed E-state index contributed by atoms with van der Waals surface area (Å²) < 4.78 is 0. The van der Waals surface area contributed by atoms with Gasteiger partial charge in [-0.2, -0.15) is 11.8 Å². The first-order valence-electron chi connectivity index (χ1n) is 7.34. The maximum absolute atomic E-state index is 12.0. The number of rotatable bonds is 7. The standard InChI is InChI=1S/C14H28N2OS/c1-18-12-8-4-7-11-16-14(17)13-9-5-2-3-6-10-15-13/h13,15H,2-12H2,1H3,(H,16,17). The van der Waals surface area contributed by atoms with Crippen molar-refractivity contribution in [2.45, 2.75) is 57.4 Å². The van der Waals surface area contributed by atoms with E-state index in [0.29, 0.717) is 0 Å². The average molecular weight is 272 g/mol. The zero-order chi connectivity index (χ0) is 13.1. The van der Waals surface area contributed by atoms with Gasteiger partial charge in [0.25, 0.3) is 0 Å². The van der Waals surface area contributed by atoms with Crippen LogP contribution in [-0.2, 0) is 4.79 Å². The molecule has 1 heterocycles. The molecule has 4 heteroatoms. The van der Waals surface area contributed by atoms with E-state index >= 15 is 0 Å². The van der Waals surface area contributed by atoms with Gasteiger partial charge in [0.2, 0.25) is 5.91 Å². The number of thioether (sulfide) groups is 1. The second-order valence-electron chi connectivity index (χ2n) is 5.05. The van der Waals surface area contributed by atoms with Crippen LogP contribution in [-0.4, -0.2) is 37.0 Å². The molecular formula is C14H28N2OS. The van der Waals surface area contributed by atoms with Gasteiger partial charge in [-0.25, -0.2) is 0 Å². The van der Waals surface area contributed by atoms with Crippen LogP contribution in [0, 0.1) is 0 Å². The molecule has 0 aliphatic carbocycles. The van der Waals surface area contributed by atoms with Gasteiger partial charge in [0.1, 0.15) is 0 Å². The minimum atomic E-state index is 0.0523. The van der Waals surface area contributed by atoms with Crippen molar-refractivity contribution in [3.8, 4) is 0 Å². The molecule has 1 rings (SSSR count). The molecule has 18 heavy (non-hydrogen) atoms. The molecule has 0 aromatic rings. The van der Waals surface area contributed by atoms with Crippen molar-refractivity contribution in [2.24, 2.45) is 0 Å². The molecule has 1 saturated heterocycles. The van der Waals surface area contributed by atoms with E-state index in [0.717, 1.165) is 25.9 Å². The van der Waals surface area contributed by atoms with Crippen LogP contribution in [0.2, 0.25) is 0 Å². The van der Waals surface area contributed by atoms with Crippen LogP contribution >= 0.6 is 11.8 Å². The fourth-order valence-electron chi connectivity index (χ4n) is 2.31. The predicted molar refractivity (Wildman–Crippen MR) is 80.1 cm³/mol. The van der Waals surface area contributed by atoms with Crippen LogP contribution in [0.25, 0.3) is 0 Å². The van der Waals surface area contributed by atoms with E-state index in [2.05, 4.69) is 16.9 Å². The summed E-state index contributed by atoms with van der Waals surface area (Å²) in [5, 5.41) is 6.44.